The van der Waals surface area contributed by atoms with E-state index in [4.69, 9.17) is 16.1 Å². The number of hydrogen-bond donors (Lipinski definition) is 1. The summed E-state index contributed by atoms with van der Waals surface area (Å²) in [4.78, 5) is 15.0. The summed E-state index contributed by atoms with van der Waals surface area (Å²) in [6, 6.07) is 4.68. The van der Waals surface area contributed by atoms with Crippen molar-refractivity contribution < 1.29 is 13.7 Å². The zero-order valence-corrected chi connectivity index (χ0v) is 15.1. The van der Waals surface area contributed by atoms with Crippen LogP contribution in [0.25, 0.3) is 11.3 Å². The molecule has 1 aliphatic rings. The Morgan fingerprint density at radius 2 is 2.32 bits per heavy atom. The van der Waals surface area contributed by atoms with Gasteiger partial charge < -0.3 is 9.84 Å². The van der Waals surface area contributed by atoms with E-state index in [9.17, 15) is 9.18 Å². The minimum atomic E-state index is -0.539. The lowest BCUT2D eigenvalue weighted by atomic mass is 10.0. The van der Waals surface area contributed by atoms with Gasteiger partial charge in [-0.05, 0) is 45.0 Å². The Bertz CT molecular complexity index is 757. The number of carbonyl (C=O) groups excluding carboxylic acids is 1. The van der Waals surface area contributed by atoms with Gasteiger partial charge in [-0.25, -0.2) is 4.39 Å². The summed E-state index contributed by atoms with van der Waals surface area (Å²) in [5.41, 5.74) is 0.451. The van der Waals surface area contributed by atoms with Crippen LogP contribution in [0.1, 0.15) is 35.9 Å². The van der Waals surface area contributed by atoms with Crippen LogP contribution in [0.4, 0.5) is 4.39 Å². The number of halogens is 2. The fraction of sp³-hybridized carbons (Fsp3) is 0.444. The molecule has 134 valence electrons. The third kappa shape index (κ3) is 3.55. The van der Waals surface area contributed by atoms with Crippen LogP contribution in [0, 0.1) is 12.7 Å². The average Bonchev–Trinajstić information content (AvgIpc) is 3.19. The Labute approximate surface area is 151 Å². The van der Waals surface area contributed by atoms with E-state index in [1.165, 1.54) is 12.1 Å². The number of benzene rings is 1. The fourth-order valence-corrected chi connectivity index (χ4v) is 3.63. The number of carbonyl (C=O) groups is 1. The van der Waals surface area contributed by atoms with E-state index >= 15 is 0 Å². The third-order valence-corrected chi connectivity index (χ3v) is 5.01. The molecule has 1 N–H and O–H groups in total. The number of rotatable bonds is 5. The lowest BCUT2D eigenvalue weighted by Gasteiger charge is -2.22. The highest BCUT2D eigenvalue weighted by Crippen LogP contribution is 2.33. The lowest BCUT2D eigenvalue weighted by Crippen LogP contribution is -2.40. The monoisotopic (exact) mass is 365 g/mol. The van der Waals surface area contributed by atoms with Crippen LogP contribution in [0.3, 0.4) is 0 Å². The molecule has 1 atom stereocenters. The molecule has 1 amide bonds. The predicted octanol–water partition coefficient (Wildman–Crippen LogP) is 3.66. The van der Waals surface area contributed by atoms with Gasteiger partial charge in [0, 0.05) is 12.6 Å². The molecule has 25 heavy (non-hydrogen) atoms. The van der Waals surface area contributed by atoms with Crippen molar-refractivity contribution in [1.29, 1.82) is 0 Å². The highest BCUT2D eigenvalue weighted by Gasteiger charge is 2.27. The van der Waals surface area contributed by atoms with Gasteiger partial charge in [0.2, 0.25) is 0 Å². The predicted molar refractivity (Wildman–Crippen MR) is 94.2 cm³/mol. The Kier molecular flexibility index (Phi) is 5.39. The minimum Gasteiger partial charge on any atom is -0.360 e. The molecule has 0 saturated carbocycles. The molecule has 2 heterocycles. The second kappa shape index (κ2) is 7.54. The van der Waals surface area contributed by atoms with Crippen molar-refractivity contribution in [3.8, 4) is 11.3 Å². The summed E-state index contributed by atoms with van der Waals surface area (Å²) >= 11 is 6.11. The highest BCUT2D eigenvalue weighted by molar-refractivity contribution is 6.33. The molecule has 1 fully saturated rings. The van der Waals surface area contributed by atoms with Crippen LogP contribution >= 0.6 is 11.6 Å². The summed E-state index contributed by atoms with van der Waals surface area (Å²) in [6.07, 6.45) is 2.19. The molecule has 1 aromatic carbocycles. The van der Waals surface area contributed by atoms with E-state index < -0.39 is 5.82 Å². The Morgan fingerprint density at radius 1 is 1.52 bits per heavy atom. The molecule has 7 heteroatoms. The first-order valence-corrected chi connectivity index (χ1v) is 8.83. The normalized spacial score (nSPS) is 17.8. The van der Waals surface area contributed by atoms with Crippen LogP contribution in [-0.4, -0.2) is 41.6 Å². The average molecular weight is 366 g/mol. The zero-order chi connectivity index (χ0) is 18.0. The number of nitrogens with zero attached hydrogens (tertiary/aromatic N) is 2. The molecular weight excluding hydrogens is 345 g/mol. The van der Waals surface area contributed by atoms with Gasteiger partial charge in [-0.15, -0.1) is 0 Å². The standard InChI is InChI=1S/C18H21ClFN3O2/c1-3-23-9-5-6-12(23)10-21-18(24)15-11(2)25-22-17(15)16-13(19)7-4-8-14(16)20/h4,7-8,12H,3,5-6,9-10H2,1-2H3,(H,21,24). The van der Waals surface area contributed by atoms with Crippen molar-refractivity contribution in [1.82, 2.24) is 15.4 Å². The maximum Gasteiger partial charge on any atom is 0.257 e. The van der Waals surface area contributed by atoms with Gasteiger partial charge in [-0.2, -0.15) is 0 Å². The Morgan fingerprint density at radius 3 is 3.04 bits per heavy atom. The van der Waals surface area contributed by atoms with Gasteiger partial charge in [0.05, 0.1) is 10.6 Å². The van der Waals surface area contributed by atoms with Crippen LogP contribution in [-0.2, 0) is 0 Å². The van der Waals surface area contributed by atoms with Gasteiger partial charge in [-0.1, -0.05) is 29.7 Å². The van der Waals surface area contributed by atoms with E-state index in [0.29, 0.717) is 18.3 Å². The zero-order valence-electron chi connectivity index (χ0n) is 14.3. The fourth-order valence-electron chi connectivity index (χ4n) is 3.38. The summed E-state index contributed by atoms with van der Waals surface area (Å²) < 4.78 is 19.4. The topological polar surface area (TPSA) is 58.4 Å². The van der Waals surface area contributed by atoms with E-state index in [-0.39, 0.29) is 27.8 Å². The molecule has 1 aliphatic heterocycles. The third-order valence-electron chi connectivity index (χ3n) is 4.69. The van der Waals surface area contributed by atoms with Gasteiger partial charge in [-0.3, -0.25) is 9.69 Å². The molecule has 5 nitrogen and oxygen atoms in total. The molecular formula is C18H21ClFN3O2. The second-order valence-electron chi connectivity index (χ2n) is 6.19. The van der Waals surface area contributed by atoms with Crippen LogP contribution in [0.2, 0.25) is 5.02 Å². The largest absolute Gasteiger partial charge is 0.360 e. The first-order valence-electron chi connectivity index (χ1n) is 8.45. The molecule has 0 aliphatic carbocycles. The van der Waals surface area contributed by atoms with Gasteiger partial charge in [0.25, 0.3) is 5.91 Å². The smallest absolute Gasteiger partial charge is 0.257 e. The number of aromatic nitrogens is 1. The molecule has 3 rings (SSSR count). The number of amides is 1. The van der Waals surface area contributed by atoms with Crippen molar-refractivity contribution >= 4 is 17.5 Å². The molecule has 1 unspecified atom stereocenters. The van der Waals surface area contributed by atoms with Crippen molar-refractivity contribution in [2.75, 3.05) is 19.6 Å². The van der Waals surface area contributed by atoms with E-state index in [2.05, 4.69) is 22.3 Å². The second-order valence-corrected chi connectivity index (χ2v) is 6.60. The van der Waals surface area contributed by atoms with Crippen molar-refractivity contribution in [2.24, 2.45) is 0 Å². The highest BCUT2D eigenvalue weighted by atomic mass is 35.5. The number of aryl methyl sites for hydroxylation is 1. The lowest BCUT2D eigenvalue weighted by molar-refractivity contribution is 0.0940. The van der Waals surface area contributed by atoms with Crippen LogP contribution < -0.4 is 5.32 Å². The maximum atomic E-state index is 14.2. The molecule has 1 saturated heterocycles. The van der Waals surface area contributed by atoms with Crippen molar-refractivity contribution in [3.05, 3.63) is 40.4 Å². The van der Waals surface area contributed by atoms with Gasteiger partial charge >= 0.3 is 0 Å². The minimum absolute atomic E-state index is 0.0854. The van der Waals surface area contributed by atoms with Gasteiger partial charge in [0.15, 0.2) is 0 Å². The Hall–Kier alpha value is -1.92. The summed E-state index contributed by atoms with van der Waals surface area (Å²) in [7, 11) is 0. The number of likely N-dealkylation sites (tertiary alicyclic amines) is 1. The number of nitrogens with one attached hydrogen (secondary N) is 1. The van der Waals surface area contributed by atoms with E-state index in [1.54, 1.807) is 13.0 Å². The van der Waals surface area contributed by atoms with Gasteiger partial charge in [0.1, 0.15) is 22.8 Å². The molecule has 1 aromatic heterocycles. The summed E-state index contributed by atoms with van der Waals surface area (Å²) in [5, 5.41) is 6.99. The number of hydrogen-bond acceptors (Lipinski definition) is 4. The van der Waals surface area contributed by atoms with E-state index in [1.807, 2.05) is 0 Å². The van der Waals surface area contributed by atoms with Crippen molar-refractivity contribution in [3.63, 3.8) is 0 Å². The SMILES string of the molecule is CCN1CCCC1CNC(=O)c1c(-c2c(F)cccc2Cl)noc1C. The first-order chi connectivity index (χ1) is 12.0. The maximum absolute atomic E-state index is 14.2. The number of likely N-dealkylation sites (N-methyl/N-ethyl adjacent to an activating group) is 1. The Balaban J connectivity index is 1.83. The quantitative estimate of drug-likeness (QED) is 0.878. The summed E-state index contributed by atoms with van der Waals surface area (Å²) in [5.74, 6) is -0.524. The molecule has 2 aromatic rings. The first kappa shape index (κ1) is 17.9. The summed E-state index contributed by atoms with van der Waals surface area (Å²) in [6.45, 7) is 6.31. The van der Waals surface area contributed by atoms with Crippen molar-refractivity contribution in [2.45, 2.75) is 32.7 Å². The molecule has 0 radical (unpaired) electrons. The molecule has 0 bridgehead atoms. The molecule has 0 spiro atoms. The van der Waals surface area contributed by atoms with Crippen LogP contribution in [0.5, 0.6) is 0 Å². The van der Waals surface area contributed by atoms with Crippen LogP contribution in [0.15, 0.2) is 22.7 Å². The van der Waals surface area contributed by atoms with E-state index in [0.717, 1.165) is 25.9 Å².